The zero-order valence-corrected chi connectivity index (χ0v) is 20.1. The fourth-order valence-electron chi connectivity index (χ4n) is 3.42. The highest BCUT2D eigenvalue weighted by Gasteiger charge is 2.22. The van der Waals surface area contributed by atoms with E-state index in [0.717, 1.165) is 5.56 Å². The van der Waals surface area contributed by atoms with Gasteiger partial charge in [-0.3, -0.25) is 9.59 Å². The van der Waals surface area contributed by atoms with Crippen molar-refractivity contribution in [1.82, 2.24) is 14.5 Å². The number of thioether (sulfide) groups is 1. The monoisotopic (exact) mass is 476 g/mol. The van der Waals surface area contributed by atoms with E-state index in [2.05, 4.69) is 10.3 Å². The number of nitrogens with one attached hydrogen (secondary N) is 1. The highest BCUT2D eigenvalue weighted by atomic mass is 32.2. The van der Waals surface area contributed by atoms with Crippen LogP contribution in [0, 0.1) is 6.92 Å². The standard InChI is InChI=1S/C25H24N4O4S/c1-15-8-7-11-26-22(15)29-24(31)20-9-5-6-10-21(20)28-25(29)34-16(2)23(30)27-17-12-18(32-3)14-19(13-17)33-4/h5-14,16H,1-4H3,(H,27,30). The zero-order chi connectivity index (χ0) is 24.2. The highest BCUT2D eigenvalue weighted by Crippen LogP contribution is 2.29. The number of methoxy groups -OCH3 is 2. The molecule has 4 aromatic rings. The van der Waals surface area contributed by atoms with E-state index in [1.54, 1.807) is 63.7 Å². The summed E-state index contributed by atoms with van der Waals surface area (Å²) in [5, 5.41) is 3.18. The van der Waals surface area contributed by atoms with E-state index in [1.165, 1.54) is 16.3 Å². The van der Waals surface area contributed by atoms with Crippen LogP contribution >= 0.6 is 11.8 Å². The first kappa shape index (κ1) is 23.3. The summed E-state index contributed by atoms with van der Waals surface area (Å²) in [4.78, 5) is 35.6. The second-order valence-electron chi connectivity index (χ2n) is 7.55. The number of anilines is 1. The molecule has 0 saturated carbocycles. The maximum atomic E-state index is 13.4. The summed E-state index contributed by atoms with van der Waals surface area (Å²) in [6.45, 7) is 3.64. The molecule has 2 aromatic carbocycles. The van der Waals surface area contributed by atoms with Crippen molar-refractivity contribution < 1.29 is 14.3 Å². The van der Waals surface area contributed by atoms with Crippen LogP contribution in [0.1, 0.15) is 12.5 Å². The lowest BCUT2D eigenvalue weighted by Crippen LogP contribution is -2.27. The topological polar surface area (TPSA) is 95.3 Å². The van der Waals surface area contributed by atoms with Gasteiger partial charge in [-0.15, -0.1) is 0 Å². The lowest BCUT2D eigenvalue weighted by atomic mass is 10.2. The summed E-state index contributed by atoms with van der Waals surface area (Å²) < 4.78 is 12.0. The first-order valence-electron chi connectivity index (χ1n) is 10.6. The minimum Gasteiger partial charge on any atom is -0.497 e. The number of aromatic nitrogens is 3. The number of carbonyl (C=O) groups is 1. The van der Waals surface area contributed by atoms with Gasteiger partial charge in [-0.05, 0) is 37.6 Å². The van der Waals surface area contributed by atoms with Gasteiger partial charge in [0.2, 0.25) is 5.91 Å². The molecular weight excluding hydrogens is 452 g/mol. The third kappa shape index (κ3) is 4.74. The summed E-state index contributed by atoms with van der Waals surface area (Å²) in [7, 11) is 3.09. The smallest absolute Gasteiger partial charge is 0.267 e. The van der Waals surface area contributed by atoms with Crippen molar-refractivity contribution in [2.24, 2.45) is 0 Å². The van der Waals surface area contributed by atoms with Gasteiger partial charge in [0.1, 0.15) is 17.3 Å². The molecule has 0 spiro atoms. The molecule has 1 unspecified atom stereocenters. The van der Waals surface area contributed by atoms with Crippen LogP contribution in [-0.2, 0) is 4.79 Å². The fourth-order valence-corrected chi connectivity index (χ4v) is 4.33. The number of ether oxygens (including phenoxy) is 2. The molecular formula is C25H24N4O4S. The van der Waals surface area contributed by atoms with E-state index in [1.807, 2.05) is 25.1 Å². The van der Waals surface area contributed by atoms with Gasteiger partial charge in [-0.2, -0.15) is 0 Å². The van der Waals surface area contributed by atoms with Crippen molar-refractivity contribution in [3.8, 4) is 17.3 Å². The minimum atomic E-state index is -0.569. The van der Waals surface area contributed by atoms with Crippen LogP contribution < -0.4 is 20.3 Å². The molecule has 0 saturated heterocycles. The van der Waals surface area contributed by atoms with Gasteiger partial charge in [-0.1, -0.05) is 30.0 Å². The van der Waals surface area contributed by atoms with Crippen molar-refractivity contribution in [2.45, 2.75) is 24.3 Å². The second kappa shape index (κ2) is 9.96. The first-order chi connectivity index (χ1) is 16.4. The highest BCUT2D eigenvalue weighted by molar-refractivity contribution is 8.00. The van der Waals surface area contributed by atoms with E-state index in [4.69, 9.17) is 14.5 Å². The van der Waals surface area contributed by atoms with Gasteiger partial charge in [-0.25, -0.2) is 14.5 Å². The number of nitrogens with zero attached hydrogens (tertiary/aromatic N) is 3. The zero-order valence-electron chi connectivity index (χ0n) is 19.2. The molecule has 1 amide bonds. The predicted octanol–water partition coefficient (Wildman–Crippen LogP) is 4.23. The molecule has 174 valence electrons. The normalized spacial score (nSPS) is 11.8. The molecule has 0 aliphatic heterocycles. The Bertz CT molecular complexity index is 1400. The molecule has 2 aromatic heterocycles. The van der Waals surface area contributed by atoms with Crippen molar-refractivity contribution in [1.29, 1.82) is 0 Å². The molecule has 34 heavy (non-hydrogen) atoms. The third-order valence-corrected chi connectivity index (χ3v) is 6.26. The Morgan fingerprint density at radius 1 is 1.06 bits per heavy atom. The molecule has 0 aliphatic rings. The number of hydrogen-bond donors (Lipinski definition) is 1. The summed E-state index contributed by atoms with van der Waals surface area (Å²) in [5.41, 5.74) is 1.69. The lowest BCUT2D eigenvalue weighted by molar-refractivity contribution is -0.115. The van der Waals surface area contributed by atoms with Gasteiger partial charge >= 0.3 is 0 Å². The molecule has 1 N–H and O–H groups in total. The Hall–Kier alpha value is -3.85. The average Bonchev–Trinajstić information content (AvgIpc) is 2.84. The maximum Gasteiger partial charge on any atom is 0.267 e. The average molecular weight is 477 g/mol. The van der Waals surface area contributed by atoms with Gasteiger partial charge in [0.05, 0.1) is 30.4 Å². The Morgan fingerprint density at radius 3 is 2.44 bits per heavy atom. The Morgan fingerprint density at radius 2 is 1.76 bits per heavy atom. The number of fused-ring (bicyclic) bond motifs is 1. The number of amides is 1. The summed E-state index contributed by atoms with van der Waals surface area (Å²) in [6, 6.07) is 16.0. The van der Waals surface area contributed by atoms with Crippen molar-refractivity contribution >= 4 is 34.3 Å². The van der Waals surface area contributed by atoms with Crippen LogP contribution in [0.15, 0.2) is 70.7 Å². The van der Waals surface area contributed by atoms with Crippen molar-refractivity contribution in [3.63, 3.8) is 0 Å². The number of benzene rings is 2. The van der Waals surface area contributed by atoms with Crippen molar-refractivity contribution in [2.75, 3.05) is 19.5 Å². The molecule has 1 atom stereocenters. The van der Waals surface area contributed by atoms with E-state index in [0.29, 0.717) is 39.1 Å². The number of pyridine rings is 1. The molecule has 0 fully saturated rings. The second-order valence-corrected chi connectivity index (χ2v) is 8.85. The van der Waals surface area contributed by atoms with Gasteiger partial charge in [0.25, 0.3) is 5.56 Å². The van der Waals surface area contributed by atoms with Crippen LogP contribution in [0.4, 0.5) is 5.69 Å². The lowest BCUT2D eigenvalue weighted by Gasteiger charge is -2.17. The number of para-hydroxylation sites is 1. The van der Waals surface area contributed by atoms with E-state index in [-0.39, 0.29) is 11.5 Å². The third-order valence-electron chi connectivity index (χ3n) is 5.21. The Labute approximate surface area is 201 Å². The summed E-state index contributed by atoms with van der Waals surface area (Å²) >= 11 is 1.19. The molecule has 4 rings (SSSR count). The summed E-state index contributed by atoms with van der Waals surface area (Å²) in [6.07, 6.45) is 1.63. The molecule has 8 nitrogen and oxygen atoms in total. The molecule has 0 radical (unpaired) electrons. The summed E-state index contributed by atoms with van der Waals surface area (Å²) in [5.74, 6) is 1.35. The molecule has 9 heteroatoms. The SMILES string of the molecule is COc1cc(NC(=O)C(C)Sc2nc3ccccc3c(=O)n2-c2ncccc2C)cc(OC)c1. The van der Waals surface area contributed by atoms with E-state index in [9.17, 15) is 9.59 Å². The van der Waals surface area contributed by atoms with Crippen LogP contribution in [0.25, 0.3) is 16.7 Å². The molecule has 2 heterocycles. The van der Waals surface area contributed by atoms with Crippen LogP contribution in [-0.4, -0.2) is 39.9 Å². The van der Waals surface area contributed by atoms with Gasteiger partial charge < -0.3 is 14.8 Å². The quantitative estimate of drug-likeness (QED) is 0.315. The number of rotatable bonds is 7. The Balaban J connectivity index is 1.70. The molecule has 0 bridgehead atoms. The maximum absolute atomic E-state index is 13.4. The largest absolute Gasteiger partial charge is 0.497 e. The Kier molecular flexibility index (Phi) is 6.83. The predicted molar refractivity (Wildman–Crippen MR) is 133 cm³/mol. The van der Waals surface area contributed by atoms with E-state index >= 15 is 0 Å². The van der Waals surface area contributed by atoms with Gasteiger partial charge in [0.15, 0.2) is 5.16 Å². The molecule has 0 aliphatic carbocycles. The van der Waals surface area contributed by atoms with Crippen LogP contribution in [0.3, 0.4) is 0 Å². The number of carbonyl (C=O) groups excluding carboxylic acids is 1. The van der Waals surface area contributed by atoms with Crippen LogP contribution in [0.2, 0.25) is 0 Å². The number of aryl methyl sites for hydroxylation is 1. The minimum absolute atomic E-state index is 0.236. The van der Waals surface area contributed by atoms with E-state index < -0.39 is 5.25 Å². The first-order valence-corrected chi connectivity index (χ1v) is 11.4. The van der Waals surface area contributed by atoms with Crippen LogP contribution in [0.5, 0.6) is 11.5 Å². The number of hydrogen-bond acceptors (Lipinski definition) is 7. The van der Waals surface area contributed by atoms with Gasteiger partial charge in [0, 0.05) is 30.1 Å². The fraction of sp³-hybridized carbons (Fsp3) is 0.200. The van der Waals surface area contributed by atoms with Crippen molar-refractivity contribution in [3.05, 3.63) is 76.7 Å².